The highest BCUT2D eigenvalue weighted by atomic mass is 35.5. The lowest BCUT2D eigenvalue weighted by molar-refractivity contribution is -0.133. The van der Waals surface area contributed by atoms with Crippen LogP contribution in [0.5, 0.6) is 5.75 Å². The quantitative estimate of drug-likeness (QED) is 0.587. The average Bonchev–Trinajstić information content (AvgIpc) is 2.97. The van der Waals surface area contributed by atoms with E-state index in [0.29, 0.717) is 44.2 Å². The Labute approximate surface area is 236 Å². The summed E-state index contributed by atoms with van der Waals surface area (Å²) in [6.45, 7) is 6.50. The molecular weight excluding hydrogens is 516 g/mol. The van der Waals surface area contributed by atoms with Crippen molar-refractivity contribution in [2.75, 3.05) is 57.4 Å². The third kappa shape index (κ3) is 7.44. The fourth-order valence-electron chi connectivity index (χ4n) is 5.86. The molecule has 2 amide bonds. The van der Waals surface area contributed by atoms with Crippen molar-refractivity contribution >= 4 is 29.1 Å². The molecular formula is C30H39ClN4O4. The van der Waals surface area contributed by atoms with Gasteiger partial charge in [0.2, 0.25) is 11.8 Å². The van der Waals surface area contributed by atoms with Crippen LogP contribution in [-0.4, -0.2) is 69.3 Å². The molecule has 0 spiro atoms. The normalized spacial score (nSPS) is 22.5. The minimum Gasteiger partial charge on any atom is -0.493 e. The van der Waals surface area contributed by atoms with Gasteiger partial charge in [0.15, 0.2) is 0 Å². The first-order valence-electron chi connectivity index (χ1n) is 14.1. The number of carbonyl (C=O) groups is 2. The minimum atomic E-state index is 0.0329. The molecule has 3 aliphatic rings. The van der Waals surface area contributed by atoms with E-state index in [1.165, 1.54) is 0 Å². The summed E-state index contributed by atoms with van der Waals surface area (Å²) in [7, 11) is 0. The van der Waals surface area contributed by atoms with Crippen LogP contribution < -0.4 is 20.3 Å². The molecule has 39 heavy (non-hydrogen) atoms. The number of hydrogen-bond donors (Lipinski definition) is 2. The minimum absolute atomic E-state index is 0.0329. The summed E-state index contributed by atoms with van der Waals surface area (Å²) in [5.41, 5.74) is 3.14. The van der Waals surface area contributed by atoms with Gasteiger partial charge in [0.1, 0.15) is 5.75 Å². The third-order valence-corrected chi connectivity index (χ3v) is 8.48. The number of benzene rings is 2. The van der Waals surface area contributed by atoms with Gasteiger partial charge in [-0.2, -0.15) is 0 Å². The topological polar surface area (TPSA) is 83.1 Å². The summed E-state index contributed by atoms with van der Waals surface area (Å²) in [6, 6.07) is 13.9. The van der Waals surface area contributed by atoms with E-state index in [4.69, 9.17) is 21.1 Å². The molecule has 2 aromatic rings. The number of hydrogen-bond acceptors (Lipinski definition) is 6. The molecule has 0 aromatic heterocycles. The molecule has 5 rings (SSSR count). The third-order valence-electron chi connectivity index (χ3n) is 8.11. The molecule has 8 nitrogen and oxygen atoms in total. The Hall–Kier alpha value is -2.81. The standard InChI is InChI=1S/C30H39ClN4O4/c31-27-6-2-1-4-23(27)19-33-29(36)17-22-9-10-35-21-24(22)5-3-13-39-28-8-7-26(34-11-14-38-15-12-34)16-25(28)18-32-20-30(35)37/h1-2,4,6-8,16,22,24,32H,3,5,9-15,17-21H2,(H,33,36)/t22-,24-/m0/s1. The highest BCUT2D eigenvalue weighted by molar-refractivity contribution is 6.31. The predicted molar refractivity (Wildman–Crippen MR) is 152 cm³/mol. The molecule has 2 saturated heterocycles. The number of morpholine rings is 1. The Morgan fingerprint density at radius 1 is 1.03 bits per heavy atom. The number of carbonyl (C=O) groups excluding carboxylic acids is 2. The van der Waals surface area contributed by atoms with E-state index in [9.17, 15) is 9.59 Å². The number of ether oxygens (including phenoxy) is 2. The van der Waals surface area contributed by atoms with Crippen LogP contribution >= 0.6 is 11.6 Å². The summed E-state index contributed by atoms with van der Waals surface area (Å²) >= 11 is 6.24. The molecule has 210 valence electrons. The van der Waals surface area contributed by atoms with E-state index in [2.05, 4.69) is 33.7 Å². The van der Waals surface area contributed by atoms with E-state index in [1.807, 2.05) is 29.2 Å². The van der Waals surface area contributed by atoms with Crippen LogP contribution in [0.3, 0.4) is 0 Å². The number of halogens is 1. The first-order chi connectivity index (χ1) is 19.1. The lowest BCUT2D eigenvalue weighted by Crippen LogP contribution is -2.47. The molecule has 2 aromatic carbocycles. The van der Waals surface area contributed by atoms with E-state index in [1.54, 1.807) is 0 Å². The van der Waals surface area contributed by atoms with Gasteiger partial charge in [-0.15, -0.1) is 0 Å². The maximum atomic E-state index is 13.1. The highest BCUT2D eigenvalue weighted by Crippen LogP contribution is 2.31. The smallest absolute Gasteiger partial charge is 0.236 e. The van der Waals surface area contributed by atoms with Crippen molar-refractivity contribution in [3.63, 3.8) is 0 Å². The van der Waals surface area contributed by atoms with Crippen molar-refractivity contribution in [2.24, 2.45) is 11.8 Å². The second-order valence-electron chi connectivity index (χ2n) is 10.7. The Balaban J connectivity index is 1.21. The van der Waals surface area contributed by atoms with Gasteiger partial charge in [0, 0.05) is 62.0 Å². The number of anilines is 1. The Morgan fingerprint density at radius 2 is 1.87 bits per heavy atom. The van der Waals surface area contributed by atoms with Gasteiger partial charge in [-0.1, -0.05) is 29.8 Å². The Kier molecular flexibility index (Phi) is 9.61. The molecule has 2 atom stereocenters. The van der Waals surface area contributed by atoms with Crippen LogP contribution in [0.2, 0.25) is 5.02 Å². The van der Waals surface area contributed by atoms with Crippen LogP contribution in [0.15, 0.2) is 42.5 Å². The maximum Gasteiger partial charge on any atom is 0.236 e. The Bertz CT molecular complexity index is 1140. The second kappa shape index (κ2) is 13.5. The van der Waals surface area contributed by atoms with Crippen LogP contribution in [0.4, 0.5) is 5.69 Å². The van der Waals surface area contributed by atoms with Crippen molar-refractivity contribution in [2.45, 2.75) is 38.8 Å². The van der Waals surface area contributed by atoms with E-state index >= 15 is 0 Å². The lowest BCUT2D eigenvalue weighted by Gasteiger charge is -2.38. The number of rotatable bonds is 5. The summed E-state index contributed by atoms with van der Waals surface area (Å²) in [5, 5.41) is 7.05. The van der Waals surface area contributed by atoms with Gasteiger partial charge < -0.3 is 29.9 Å². The molecule has 0 aliphatic carbocycles. The van der Waals surface area contributed by atoms with E-state index < -0.39 is 0 Å². The van der Waals surface area contributed by atoms with Gasteiger partial charge in [-0.3, -0.25) is 9.59 Å². The van der Waals surface area contributed by atoms with Crippen LogP contribution in [0, 0.1) is 11.8 Å². The molecule has 3 heterocycles. The van der Waals surface area contributed by atoms with Gasteiger partial charge >= 0.3 is 0 Å². The largest absolute Gasteiger partial charge is 0.493 e. The number of nitrogens with zero attached hydrogens (tertiary/aromatic N) is 2. The van der Waals surface area contributed by atoms with Gasteiger partial charge in [-0.05, 0) is 60.9 Å². The van der Waals surface area contributed by atoms with Gasteiger partial charge in [-0.25, -0.2) is 0 Å². The number of amides is 2. The van der Waals surface area contributed by atoms with Crippen molar-refractivity contribution in [1.82, 2.24) is 15.5 Å². The number of fused-ring (bicyclic) bond motifs is 3. The average molecular weight is 555 g/mol. The lowest BCUT2D eigenvalue weighted by atomic mass is 9.80. The predicted octanol–water partition coefficient (Wildman–Crippen LogP) is 3.61. The summed E-state index contributed by atoms with van der Waals surface area (Å²) in [4.78, 5) is 30.2. The van der Waals surface area contributed by atoms with Crippen molar-refractivity contribution in [3.05, 3.63) is 58.6 Å². The van der Waals surface area contributed by atoms with Crippen LogP contribution in [0.25, 0.3) is 0 Å². The molecule has 0 radical (unpaired) electrons. The first kappa shape index (κ1) is 27.7. The highest BCUT2D eigenvalue weighted by Gasteiger charge is 2.32. The molecule has 3 aliphatic heterocycles. The zero-order valence-electron chi connectivity index (χ0n) is 22.5. The second-order valence-corrected chi connectivity index (χ2v) is 11.1. The zero-order valence-corrected chi connectivity index (χ0v) is 23.3. The Morgan fingerprint density at radius 3 is 2.72 bits per heavy atom. The maximum absolute atomic E-state index is 13.1. The number of nitrogens with one attached hydrogen (secondary N) is 2. The van der Waals surface area contributed by atoms with E-state index in [-0.39, 0.29) is 30.2 Å². The fourth-order valence-corrected chi connectivity index (χ4v) is 6.06. The van der Waals surface area contributed by atoms with Crippen LogP contribution in [0.1, 0.15) is 36.8 Å². The monoisotopic (exact) mass is 554 g/mol. The molecule has 0 saturated carbocycles. The first-order valence-corrected chi connectivity index (χ1v) is 14.5. The molecule has 9 heteroatoms. The van der Waals surface area contributed by atoms with Crippen LogP contribution in [-0.2, 0) is 27.4 Å². The van der Waals surface area contributed by atoms with E-state index in [0.717, 1.165) is 68.1 Å². The molecule has 0 unspecified atom stereocenters. The van der Waals surface area contributed by atoms with Gasteiger partial charge in [0.05, 0.1) is 26.4 Å². The summed E-state index contributed by atoms with van der Waals surface area (Å²) < 4.78 is 11.7. The van der Waals surface area contributed by atoms with Gasteiger partial charge in [0.25, 0.3) is 0 Å². The summed E-state index contributed by atoms with van der Waals surface area (Å²) in [6.07, 6.45) is 3.09. The summed E-state index contributed by atoms with van der Waals surface area (Å²) in [5.74, 6) is 1.52. The van der Waals surface area contributed by atoms with Crippen molar-refractivity contribution < 1.29 is 19.1 Å². The number of piperidine rings is 1. The zero-order chi connectivity index (χ0) is 27.0. The molecule has 2 bridgehead atoms. The molecule has 2 N–H and O–H groups in total. The fraction of sp³-hybridized carbons (Fsp3) is 0.533. The SMILES string of the molecule is O=C(C[C@@H]1CCN2C[C@@H]1CCCOc1ccc(N3CCOCC3)cc1CNCC2=O)NCc1ccccc1Cl. The van der Waals surface area contributed by atoms with Crippen molar-refractivity contribution in [3.8, 4) is 5.75 Å². The molecule has 2 fully saturated rings. The van der Waals surface area contributed by atoms with Crippen molar-refractivity contribution in [1.29, 1.82) is 0 Å².